The average Bonchev–Trinajstić information content (AvgIpc) is 1.97. The van der Waals surface area contributed by atoms with E-state index in [4.69, 9.17) is 4.74 Å². The first-order chi connectivity index (χ1) is 5.20. The first kappa shape index (κ1) is 10.2. The van der Waals surface area contributed by atoms with Gasteiger partial charge in [-0.25, -0.2) is 0 Å². The van der Waals surface area contributed by atoms with Crippen LogP contribution in [-0.4, -0.2) is 12.1 Å². The Morgan fingerprint density at radius 2 is 2.36 bits per heavy atom. The molecule has 0 N–H and O–H groups in total. The number of carbonyl (C=O) groups excluding carboxylic acids is 1. The summed E-state index contributed by atoms with van der Waals surface area (Å²) < 4.78 is 4.94. The van der Waals surface area contributed by atoms with Crippen molar-refractivity contribution in [1.29, 1.82) is 0 Å². The summed E-state index contributed by atoms with van der Waals surface area (Å²) in [6.07, 6.45) is 4.67. The largest absolute Gasteiger partial charge is 0.458 e. The fraction of sp³-hybridized carbons (Fsp3) is 0.667. The molecule has 0 bridgehead atoms. The molecule has 0 aromatic heterocycles. The Labute approximate surface area is 68.2 Å². The maximum Gasteiger partial charge on any atom is 0.303 e. The van der Waals surface area contributed by atoms with Gasteiger partial charge in [0, 0.05) is 6.92 Å². The minimum Gasteiger partial charge on any atom is -0.458 e. The SMILES string of the molecule is C=C[C@@H](CCCC)OC(C)=O. The second kappa shape index (κ2) is 5.96. The third-order valence-electron chi connectivity index (χ3n) is 1.42. The van der Waals surface area contributed by atoms with E-state index in [1.807, 2.05) is 0 Å². The van der Waals surface area contributed by atoms with Crippen molar-refractivity contribution in [2.24, 2.45) is 0 Å². The first-order valence-corrected chi connectivity index (χ1v) is 4.00. The van der Waals surface area contributed by atoms with Crippen molar-refractivity contribution in [1.82, 2.24) is 0 Å². The van der Waals surface area contributed by atoms with Gasteiger partial charge in [0.1, 0.15) is 6.10 Å². The van der Waals surface area contributed by atoms with E-state index in [1.54, 1.807) is 6.08 Å². The molecule has 0 unspecified atom stereocenters. The minimum absolute atomic E-state index is 0.0903. The van der Waals surface area contributed by atoms with Gasteiger partial charge in [-0.3, -0.25) is 4.79 Å². The average molecular weight is 156 g/mol. The van der Waals surface area contributed by atoms with Crippen molar-refractivity contribution >= 4 is 5.97 Å². The lowest BCUT2D eigenvalue weighted by Gasteiger charge is -2.11. The number of unbranched alkanes of at least 4 members (excludes halogenated alkanes) is 1. The molecule has 0 aromatic rings. The van der Waals surface area contributed by atoms with E-state index in [9.17, 15) is 4.79 Å². The lowest BCUT2D eigenvalue weighted by atomic mass is 10.1. The number of esters is 1. The van der Waals surface area contributed by atoms with Crippen LogP contribution in [0.2, 0.25) is 0 Å². The van der Waals surface area contributed by atoms with Crippen LogP contribution in [0.15, 0.2) is 12.7 Å². The molecular weight excluding hydrogens is 140 g/mol. The Morgan fingerprint density at radius 1 is 1.73 bits per heavy atom. The van der Waals surface area contributed by atoms with Crippen LogP contribution in [-0.2, 0) is 9.53 Å². The van der Waals surface area contributed by atoms with Crippen LogP contribution in [0.4, 0.5) is 0 Å². The summed E-state index contributed by atoms with van der Waals surface area (Å²) in [4.78, 5) is 10.5. The molecule has 0 rings (SSSR count). The maximum atomic E-state index is 10.5. The summed E-state index contributed by atoms with van der Waals surface area (Å²) >= 11 is 0. The monoisotopic (exact) mass is 156 g/mol. The van der Waals surface area contributed by atoms with E-state index in [1.165, 1.54) is 6.92 Å². The molecule has 2 nitrogen and oxygen atoms in total. The topological polar surface area (TPSA) is 26.3 Å². The smallest absolute Gasteiger partial charge is 0.303 e. The van der Waals surface area contributed by atoms with Gasteiger partial charge >= 0.3 is 5.97 Å². The van der Waals surface area contributed by atoms with Crippen molar-refractivity contribution in [3.63, 3.8) is 0 Å². The summed E-state index contributed by atoms with van der Waals surface area (Å²) in [5.41, 5.74) is 0. The Bertz CT molecular complexity index is 130. The third kappa shape index (κ3) is 5.64. The van der Waals surface area contributed by atoms with Crippen LogP contribution in [0.25, 0.3) is 0 Å². The van der Waals surface area contributed by atoms with Crippen LogP contribution in [0.3, 0.4) is 0 Å². The molecule has 0 radical (unpaired) electrons. The third-order valence-corrected chi connectivity index (χ3v) is 1.42. The van der Waals surface area contributed by atoms with Crippen molar-refractivity contribution in [3.8, 4) is 0 Å². The second-order valence-corrected chi connectivity index (χ2v) is 2.53. The van der Waals surface area contributed by atoms with Gasteiger partial charge in [-0.2, -0.15) is 0 Å². The van der Waals surface area contributed by atoms with E-state index in [0.717, 1.165) is 19.3 Å². The van der Waals surface area contributed by atoms with Gasteiger partial charge in [0.05, 0.1) is 0 Å². The summed E-state index contributed by atoms with van der Waals surface area (Å²) in [5.74, 6) is -0.231. The Balaban J connectivity index is 3.57. The zero-order chi connectivity index (χ0) is 8.69. The van der Waals surface area contributed by atoms with Gasteiger partial charge in [0.2, 0.25) is 0 Å². The minimum atomic E-state index is -0.231. The van der Waals surface area contributed by atoms with Gasteiger partial charge in [-0.15, -0.1) is 0 Å². The molecule has 0 aromatic carbocycles. The van der Waals surface area contributed by atoms with Gasteiger partial charge in [-0.1, -0.05) is 26.0 Å². The van der Waals surface area contributed by atoms with E-state index >= 15 is 0 Å². The quantitative estimate of drug-likeness (QED) is 0.451. The highest BCUT2D eigenvalue weighted by Crippen LogP contribution is 2.05. The summed E-state index contributed by atoms with van der Waals surface area (Å²) in [6, 6.07) is 0. The van der Waals surface area contributed by atoms with E-state index in [0.29, 0.717) is 0 Å². The second-order valence-electron chi connectivity index (χ2n) is 2.53. The predicted octanol–water partition coefficient (Wildman–Crippen LogP) is 2.29. The fourth-order valence-electron chi connectivity index (χ4n) is 0.843. The standard InChI is InChI=1S/C9H16O2/c1-4-6-7-9(5-2)11-8(3)10/h5,9H,2,4,6-7H2,1,3H3/t9-/m0/s1. The van der Waals surface area contributed by atoms with Crippen LogP contribution < -0.4 is 0 Å². The lowest BCUT2D eigenvalue weighted by molar-refractivity contribution is -0.144. The molecule has 11 heavy (non-hydrogen) atoms. The summed E-state index contributed by atoms with van der Waals surface area (Å²) in [7, 11) is 0. The number of hydrogen-bond acceptors (Lipinski definition) is 2. The van der Waals surface area contributed by atoms with E-state index < -0.39 is 0 Å². The maximum absolute atomic E-state index is 10.5. The van der Waals surface area contributed by atoms with Crippen molar-refractivity contribution < 1.29 is 9.53 Å². The summed E-state index contributed by atoms with van der Waals surface area (Å²) in [6.45, 7) is 7.11. The first-order valence-electron chi connectivity index (χ1n) is 4.00. The van der Waals surface area contributed by atoms with Crippen LogP contribution in [0.5, 0.6) is 0 Å². The van der Waals surface area contributed by atoms with E-state index in [-0.39, 0.29) is 12.1 Å². The molecule has 2 heteroatoms. The Kier molecular flexibility index (Phi) is 5.53. The lowest BCUT2D eigenvalue weighted by Crippen LogP contribution is -2.12. The predicted molar refractivity (Wildman–Crippen MR) is 45.3 cm³/mol. The van der Waals surface area contributed by atoms with Gasteiger partial charge < -0.3 is 4.74 Å². The zero-order valence-corrected chi connectivity index (χ0v) is 7.30. The zero-order valence-electron chi connectivity index (χ0n) is 7.30. The molecule has 64 valence electrons. The Morgan fingerprint density at radius 3 is 2.73 bits per heavy atom. The van der Waals surface area contributed by atoms with E-state index in [2.05, 4.69) is 13.5 Å². The molecular formula is C9H16O2. The molecule has 0 aliphatic carbocycles. The molecule has 0 saturated heterocycles. The molecule has 0 spiro atoms. The van der Waals surface area contributed by atoms with Gasteiger partial charge in [-0.05, 0) is 12.8 Å². The molecule has 1 atom stereocenters. The molecule has 0 aliphatic heterocycles. The number of rotatable bonds is 5. The highest BCUT2D eigenvalue weighted by atomic mass is 16.5. The molecule has 0 fully saturated rings. The number of carbonyl (C=O) groups is 1. The molecule has 0 saturated carbocycles. The number of hydrogen-bond donors (Lipinski definition) is 0. The Hall–Kier alpha value is -0.790. The van der Waals surface area contributed by atoms with Gasteiger partial charge in [0.15, 0.2) is 0 Å². The van der Waals surface area contributed by atoms with Crippen LogP contribution in [0.1, 0.15) is 33.1 Å². The molecule has 0 aliphatic rings. The summed E-state index contributed by atoms with van der Waals surface area (Å²) in [5, 5.41) is 0. The van der Waals surface area contributed by atoms with Crippen LogP contribution >= 0.6 is 0 Å². The molecule has 0 amide bonds. The highest BCUT2D eigenvalue weighted by Gasteiger charge is 2.05. The van der Waals surface area contributed by atoms with Crippen molar-refractivity contribution in [2.75, 3.05) is 0 Å². The fourth-order valence-corrected chi connectivity index (χ4v) is 0.843. The van der Waals surface area contributed by atoms with Crippen LogP contribution in [0, 0.1) is 0 Å². The normalized spacial score (nSPS) is 12.2. The molecule has 0 heterocycles. The highest BCUT2D eigenvalue weighted by molar-refractivity contribution is 5.66. The van der Waals surface area contributed by atoms with Crippen molar-refractivity contribution in [3.05, 3.63) is 12.7 Å². The van der Waals surface area contributed by atoms with Gasteiger partial charge in [0.25, 0.3) is 0 Å². The number of ether oxygens (including phenoxy) is 1. The van der Waals surface area contributed by atoms with Crippen molar-refractivity contribution in [2.45, 2.75) is 39.2 Å².